The second-order valence-electron chi connectivity index (χ2n) is 4.35. The van der Waals surface area contributed by atoms with Gasteiger partial charge in [0.05, 0.1) is 3.57 Å². The van der Waals surface area contributed by atoms with Gasteiger partial charge in [0.2, 0.25) is 0 Å². The maximum Gasteiger partial charge on any atom is 0.272 e. The van der Waals surface area contributed by atoms with Crippen LogP contribution in [0.2, 0.25) is 0 Å². The van der Waals surface area contributed by atoms with Gasteiger partial charge in [-0.05, 0) is 53.6 Å². The van der Waals surface area contributed by atoms with Crippen LogP contribution >= 0.6 is 22.6 Å². The molecule has 0 aliphatic carbocycles. The number of carbonyl (C=O) groups excluding carboxylic acids is 1. The van der Waals surface area contributed by atoms with Crippen LogP contribution in [0.3, 0.4) is 0 Å². The van der Waals surface area contributed by atoms with Crippen LogP contribution in [0.5, 0.6) is 5.75 Å². The Morgan fingerprint density at radius 1 is 1.37 bits per heavy atom. The molecule has 1 heterocycles. The van der Waals surface area contributed by atoms with E-state index in [-0.39, 0.29) is 5.91 Å². The quantitative estimate of drug-likeness (QED) is 0.750. The van der Waals surface area contributed by atoms with Crippen molar-refractivity contribution in [2.45, 2.75) is 19.3 Å². The highest BCUT2D eigenvalue weighted by Crippen LogP contribution is 2.24. The molecular formula is C13H14F2INO2. The number of likely N-dealkylation sites (tertiary alicyclic amines) is 1. The number of nitrogens with zero attached hydrogens (tertiary/aromatic N) is 1. The summed E-state index contributed by atoms with van der Waals surface area (Å²) >= 11 is 2.00. The molecule has 3 nitrogen and oxygen atoms in total. The summed E-state index contributed by atoms with van der Waals surface area (Å²) in [4.78, 5) is 13.9. The van der Waals surface area contributed by atoms with Gasteiger partial charge in [0.25, 0.3) is 12.3 Å². The van der Waals surface area contributed by atoms with Crippen molar-refractivity contribution >= 4 is 28.5 Å². The SMILES string of the molecule is O=C(c1ccc(I)c(OCC(F)F)c1)N1CCCC1. The first-order chi connectivity index (χ1) is 9.08. The van der Waals surface area contributed by atoms with E-state index in [4.69, 9.17) is 4.74 Å². The predicted octanol–water partition coefficient (Wildman–Crippen LogP) is 3.17. The summed E-state index contributed by atoms with van der Waals surface area (Å²) in [5, 5.41) is 0. The Morgan fingerprint density at radius 2 is 2.05 bits per heavy atom. The fourth-order valence-corrected chi connectivity index (χ4v) is 2.49. The number of benzene rings is 1. The van der Waals surface area contributed by atoms with Crippen LogP contribution in [0, 0.1) is 3.57 Å². The molecule has 1 aromatic carbocycles. The van der Waals surface area contributed by atoms with Gasteiger partial charge in [0.15, 0.2) is 0 Å². The molecule has 1 aromatic rings. The number of halogens is 3. The lowest BCUT2D eigenvalue weighted by Gasteiger charge is -2.16. The van der Waals surface area contributed by atoms with E-state index in [9.17, 15) is 13.6 Å². The van der Waals surface area contributed by atoms with Crippen LogP contribution < -0.4 is 4.74 Å². The number of amides is 1. The van der Waals surface area contributed by atoms with Crippen LogP contribution in [0.15, 0.2) is 18.2 Å². The molecule has 0 unspecified atom stereocenters. The number of alkyl halides is 2. The molecule has 0 aromatic heterocycles. The Labute approximate surface area is 124 Å². The van der Waals surface area contributed by atoms with Gasteiger partial charge in [-0.3, -0.25) is 4.79 Å². The normalized spacial score (nSPS) is 15.1. The molecule has 1 amide bonds. The summed E-state index contributed by atoms with van der Waals surface area (Å²) in [6, 6.07) is 4.97. The van der Waals surface area contributed by atoms with E-state index in [0.29, 0.717) is 11.3 Å². The molecule has 1 saturated heterocycles. The summed E-state index contributed by atoms with van der Waals surface area (Å²) in [5.41, 5.74) is 0.492. The lowest BCUT2D eigenvalue weighted by Crippen LogP contribution is -2.27. The average molecular weight is 381 g/mol. The van der Waals surface area contributed by atoms with Gasteiger partial charge in [0.1, 0.15) is 12.4 Å². The highest BCUT2D eigenvalue weighted by Gasteiger charge is 2.20. The summed E-state index contributed by atoms with van der Waals surface area (Å²) < 4.78 is 30.1. The van der Waals surface area contributed by atoms with Crippen molar-refractivity contribution in [2.75, 3.05) is 19.7 Å². The zero-order valence-corrected chi connectivity index (χ0v) is 12.4. The van der Waals surface area contributed by atoms with E-state index in [1.165, 1.54) is 0 Å². The number of rotatable bonds is 4. The lowest BCUT2D eigenvalue weighted by atomic mass is 10.2. The van der Waals surface area contributed by atoms with Gasteiger partial charge in [-0.1, -0.05) is 0 Å². The third kappa shape index (κ3) is 3.77. The molecule has 0 atom stereocenters. The molecule has 104 valence electrons. The third-order valence-electron chi connectivity index (χ3n) is 2.94. The average Bonchev–Trinajstić information content (AvgIpc) is 2.90. The van der Waals surface area contributed by atoms with Gasteiger partial charge in [-0.2, -0.15) is 0 Å². The summed E-state index contributed by atoms with van der Waals surface area (Å²) in [6.45, 7) is 0.869. The second-order valence-corrected chi connectivity index (χ2v) is 5.51. The molecule has 0 saturated carbocycles. The highest BCUT2D eigenvalue weighted by atomic mass is 127. The van der Waals surface area contributed by atoms with Crippen molar-refractivity contribution < 1.29 is 18.3 Å². The molecule has 1 aliphatic rings. The van der Waals surface area contributed by atoms with E-state index < -0.39 is 13.0 Å². The summed E-state index contributed by atoms with van der Waals surface area (Å²) in [5.74, 6) is 0.279. The predicted molar refractivity (Wildman–Crippen MR) is 75.8 cm³/mol. The molecule has 2 rings (SSSR count). The Morgan fingerprint density at radius 3 is 2.68 bits per heavy atom. The van der Waals surface area contributed by atoms with Gasteiger partial charge < -0.3 is 9.64 Å². The van der Waals surface area contributed by atoms with Crippen molar-refractivity contribution in [2.24, 2.45) is 0 Å². The zero-order chi connectivity index (χ0) is 13.8. The molecule has 6 heteroatoms. The fraction of sp³-hybridized carbons (Fsp3) is 0.462. The first kappa shape index (κ1) is 14.5. The van der Waals surface area contributed by atoms with E-state index in [0.717, 1.165) is 29.5 Å². The number of hydrogen-bond acceptors (Lipinski definition) is 2. The van der Waals surface area contributed by atoms with Crippen molar-refractivity contribution in [1.82, 2.24) is 4.90 Å². The Kier molecular flexibility index (Phi) is 4.95. The zero-order valence-electron chi connectivity index (χ0n) is 10.2. The topological polar surface area (TPSA) is 29.5 Å². The molecular weight excluding hydrogens is 367 g/mol. The fourth-order valence-electron chi connectivity index (χ4n) is 2.00. The van der Waals surface area contributed by atoms with Crippen molar-refractivity contribution in [3.05, 3.63) is 27.3 Å². The maximum atomic E-state index is 12.2. The number of ether oxygens (including phenoxy) is 1. The monoisotopic (exact) mass is 381 g/mol. The molecule has 1 fully saturated rings. The van der Waals surface area contributed by atoms with E-state index in [1.54, 1.807) is 23.1 Å². The molecule has 1 aliphatic heterocycles. The largest absolute Gasteiger partial charge is 0.487 e. The molecule has 19 heavy (non-hydrogen) atoms. The molecule has 0 bridgehead atoms. The van der Waals surface area contributed by atoms with Crippen LogP contribution in [-0.2, 0) is 0 Å². The summed E-state index contributed by atoms with van der Waals surface area (Å²) in [6.07, 6.45) is -0.482. The van der Waals surface area contributed by atoms with E-state index >= 15 is 0 Å². The van der Waals surface area contributed by atoms with Crippen molar-refractivity contribution in [3.63, 3.8) is 0 Å². The smallest absolute Gasteiger partial charge is 0.272 e. The van der Waals surface area contributed by atoms with Gasteiger partial charge >= 0.3 is 0 Å². The Hall–Kier alpha value is -0.920. The maximum absolute atomic E-state index is 12.2. The minimum absolute atomic E-state index is 0.0594. The first-order valence-corrected chi connectivity index (χ1v) is 7.15. The van der Waals surface area contributed by atoms with Crippen LogP contribution in [-0.4, -0.2) is 36.9 Å². The Bertz CT molecular complexity index is 462. The number of carbonyl (C=O) groups is 1. The number of hydrogen-bond donors (Lipinski definition) is 0. The molecule has 0 N–H and O–H groups in total. The first-order valence-electron chi connectivity index (χ1n) is 6.07. The standard InChI is InChI=1S/C13H14F2INO2/c14-12(15)8-19-11-7-9(3-4-10(11)16)13(18)17-5-1-2-6-17/h3-4,7,12H,1-2,5-6,8H2. The second kappa shape index (κ2) is 6.49. The van der Waals surface area contributed by atoms with E-state index in [1.807, 2.05) is 22.6 Å². The minimum atomic E-state index is -2.52. The lowest BCUT2D eigenvalue weighted by molar-refractivity contribution is 0.0786. The van der Waals surface area contributed by atoms with E-state index in [2.05, 4.69) is 0 Å². The molecule has 0 spiro atoms. The van der Waals surface area contributed by atoms with Gasteiger partial charge in [0, 0.05) is 18.7 Å². The van der Waals surface area contributed by atoms with Crippen molar-refractivity contribution in [3.8, 4) is 5.75 Å². The Balaban J connectivity index is 2.12. The third-order valence-corrected chi connectivity index (χ3v) is 3.83. The van der Waals surface area contributed by atoms with Gasteiger partial charge in [-0.15, -0.1) is 0 Å². The summed E-state index contributed by atoms with van der Waals surface area (Å²) in [7, 11) is 0. The van der Waals surface area contributed by atoms with Gasteiger partial charge in [-0.25, -0.2) is 8.78 Å². The van der Waals surface area contributed by atoms with Crippen molar-refractivity contribution in [1.29, 1.82) is 0 Å². The molecule has 0 radical (unpaired) electrons. The van der Waals surface area contributed by atoms with Crippen LogP contribution in [0.1, 0.15) is 23.2 Å². The minimum Gasteiger partial charge on any atom is -0.487 e. The van der Waals surface area contributed by atoms with Crippen LogP contribution in [0.25, 0.3) is 0 Å². The highest BCUT2D eigenvalue weighted by molar-refractivity contribution is 14.1. The van der Waals surface area contributed by atoms with Crippen LogP contribution in [0.4, 0.5) is 8.78 Å².